The second kappa shape index (κ2) is 4.13. The van der Waals surface area contributed by atoms with E-state index in [0.29, 0.717) is 16.8 Å². The molecule has 2 heterocycles. The summed E-state index contributed by atoms with van der Waals surface area (Å²) in [6.45, 7) is 4.86. The molecule has 0 amide bonds. The van der Waals surface area contributed by atoms with Crippen molar-refractivity contribution in [1.82, 2.24) is 10.1 Å². The summed E-state index contributed by atoms with van der Waals surface area (Å²) in [6, 6.07) is 1.96. The van der Waals surface area contributed by atoms with Crippen LogP contribution in [0.4, 0.5) is 10.9 Å². The highest BCUT2D eigenvalue weighted by molar-refractivity contribution is 7.16. The Morgan fingerprint density at radius 1 is 1.56 bits per heavy atom. The molecule has 0 fully saturated rings. The topological polar surface area (TPSA) is 68.2 Å². The Hall–Kier alpha value is -1.56. The highest BCUT2D eigenvalue weighted by Crippen LogP contribution is 2.32. The fourth-order valence-corrected chi connectivity index (χ4v) is 2.10. The number of aromatic nitrogens is 2. The molecule has 0 aliphatic carbocycles. The molecule has 0 unspecified atom stereocenters. The van der Waals surface area contributed by atoms with E-state index in [1.807, 2.05) is 31.9 Å². The standard InChI is InChI=1S/C10H14N4OS/c1-4-14(3)10-12-9(15-13-10)7-5-6(2)16-8(7)11/h5H,4,11H2,1-3H3. The third-order valence-corrected chi connectivity index (χ3v) is 3.23. The predicted molar refractivity (Wildman–Crippen MR) is 65.7 cm³/mol. The van der Waals surface area contributed by atoms with Crippen LogP contribution in [-0.4, -0.2) is 23.7 Å². The largest absolute Gasteiger partial charge is 0.390 e. The predicted octanol–water partition coefficient (Wildman–Crippen LogP) is 2.14. The van der Waals surface area contributed by atoms with E-state index in [0.717, 1.165) is 17.0 Å². The van der Waals surface area contributed by atoms with Crippen molar-refractivity contribution in [2.45, 2.75) is 13.8 Å². The third kappa shape index (κ3) is 1.88. The van der Waals surface area contributed by atoms with Gasteiger partial charge in [-0.25, -0.2) is 0 Å². The van der Waals surface area contributed by atoms with E-state index in [2.05, 4.69) is 10.1 Å². The molecule has 2 aromatic rings. The Labute approximate surface area is 97.9 Å². The van der Waals surface area contributed by atoms with E-state index in [1.165, 1.54) is 11.3 Å². The quantitative estimate of drug-likeness (QED) is 0.887. The van der Waals surface area contributed by atoms with Gasteiger partial charge < -0.3 is 15.2 Å². The van der Waals surface area contributed by atoms with Gasteiger partial charge in [0.15, 0.2) is 0 Å². The zero-order chi connectivity index (χ0) is 11.7. The number of nitrogens with zero attached hydrogens (tertiary/aromatic N) is 3. The second-order valence-corrected chi connectivity index (χ2v) is 4.84. The van der Waals surface area contributed by atoms with E-state index in [4.69, 9.17) is 10.3 Å². The monoisotopic (exact) mass is 238 g/mol. The van der Waals surface area contributed by atoms with Crippen molar-refractivity contribution in [2.75, 3.05) is 24.2 Å². The molecule has 0 atom stereocenters. The van der Waals surface area contributed by atoms with Crippen LogP contribution in [0.3, 0.4) is 0 Å². The Morgan fingerprint density at radius 3 is 2.88 bits per heavy atom. The van der Waals surface area contributed by atoms with Crippen LogP contribution in [0.15, 0.2) is 10.6 Å². The summed E-state index contributed by atoms with van der Waals surface area (Å²) in [5, 5.41) is 4.62. The molecule has 0 saturated heterocycles. The van der Waals surface area contributed by atoms with E-state index >= 15 is 0 Å². The molecule has 0 saturated carbocycles. The molecule has 0 bridgehead atoms. The first-order valence-electron chi connectivity index (χ1n) is 5.03. The molecule has 0 spiro atoms. The first kappa shape index (κ1) is 10.9. The minimum absolute atomic E-state index is 0.483. The number of rotatable bonds is 3. The van der Waals surface area contributed by atoms with E-state index in [9.17, 15) is 0 Å². The summed E-state index contributed by atoms with van der Waals surface area (Å²) in [5.74, 6) is 1.07. The highest BCUT2D eigenvalue weighted by Gasteiger charge is 2.15. The van der Waals surface area contributed by atoms with Crippen LogP contribution >= 0.6 is 11.3 Å². The molecule has 86 valence electrons. The Balaban J connectivity index is 2.35. The normalized spacial score (nSPS) is 10.7. The van der Waals surface area contributed by atoms with Crippen molar-refractivity contribution in [3.8, 4) is 11.5 Å². The molecule has 0 radical (unpaired) electrons. The minimum atomic E-state index is 0.483. The van der Waals surface area contributed by atoms with Crippen molar-refractivity contribution in [1.29, 1.82) is 0 Å². The van der Waals surface area contributed by atoms with E-state index in [1.54, 1.807) is 0 Å². The van der Waals surface area contributed by atoms with Crippen molar-refractivity contribution < 1.29 is 4.52 Å². The fourth-order valence-electron chi connectivity index (χ4n) is 1.32. The lowest BCUT2D eigenvalue weighted by Gasteiger charge is -2.08. The lowest BCUT2D eigenvalue weighted by Crippen LogP contribution is -2.16. The van der Waals surface area contributed by atoms with Gasteiger partial charge in [0.2, 0.25) is 0 Å². The smallest absolute Gasteiger partial charge is 0.266 e. The van der Waals surface area contributed by atoms with Crippen LogP contribution in [-0.2, 0) is 0 Å². The molecule has 16 heavy (non-hydrogen) atoms. The van der Waals surface area contributed by atoms with Crippen LogP contribution in [0.25, 0.3) is 11.5 Å². The van der Waals surface area contributed by atoms with Gasteiger partial charge in [0.25, 0.3) is 11.8 Å². The summed E-state index contributed by atoms with van der Waals surface area (Å²) >= 11 is 1.52. The molecule has 6 heteroatoms. The average Bonchev–Trinajstić information content (AvgIpc) is 2.83. The van der Waals surface area contributed by atoms with E-state index < -0.39 is 0 Å². The van der Waals surface area contributed by atoms with Gasteiger partial charge in [-0.05, 0) is 25.1 Å². The first-order valence-corrected chi connectivity index (χ1v) is 5.84. The number of thiophene rings is 1. The fraction of sp³-hybridized carbons (Fsp3) is 0.400. The summed E-state index contributed by atoms with van der Waals surface area (Å²) in [7, 11) is 1.91. The summed E-state index contributed by atoms with van der Waals surface area (Å²) < 4.78 is 5.19. The van der Waals surface area contributed by atoms with Crippen LogP contribution in [0.5, 0.6) is 0 Å². The third-order valence-electron chi connectivity index (χ3n) is 2.35. The van der Waals surface area contributed by atoms with Crippen LogP contribution < -0.4 is 10.6 Å². The summed E-state index contributed by atoms with van der Waals surface area (Å²) in [5.41, 5.74) is 6.69. The first-order chi connectivity index (χ1) is 7.61. The number of aryl methyl sites for hydroxylation is 1. The van der Waals surface area contributed by atoms with Gasteiger partial charge in [0, 0.05) is 18.5 Å². The zero-order valence-electron chi connectivity index (χ0n) is 9.52. The van der Waals surface area contributed by atoms with Gasteiger partial charge in [-0.2, -0.15) is 4.98 Å². The molecule has 5 nitrogen and oxygen atoms in total. The van der Waals surface area contributed by atoms with Crippen molar-refractivity contribution in [3.63, 3.8) is 0 Å². The number of anilines is 2. The lowest BCUT2D eigenvalue weighted by atomic mass is 10.3. The Bertz CT molecular complexity index is 491. The van der Waals surface area contributed by atoms with Gasteiger partial charge in [-0.15, -0.1) is 11.3 Å². The second-order valence-electron chi connectivity index (χ2n) is 3.55. The van der Waals surface area contributed by atoms with Gasteiger partial charge in [0.05, 0.1) is 10.6 Å². The van der Waals surface area contributed by atoms with Crippen LogP contribution in [0, 0.1) is 6.92 Å². The minimum Gasteiger partial charge on any atom is -0.390 e. The van der Waals surface area contributed by atoms with Crippen molar-refractivity contribution >= 4 is 22.3 Å². The maximum atomic E-state index is 5.87. The number of nitrogens with two attached hydrogens (primary N) is 1. The summed E-state index contributed by atoms with van der Waals surface area (Å²) in [6.07, 6.45) is 0. The zero-order valence-corrected chi connectivity index (χ0v) is 10.3. The average molecular weight is 238 g/mol. The number of hydrogen-bond donors (Lipinski definition) is 1. The maximum absolute atomic E-state index is 5.87. The van der Waals surface area contributed by atoms with Gasteiger partial charge in [-0.3, -0.25) is 0 Å². The molecule has 2 rings (SSSR count). The molecule has 2 N–H and O–H groups in total. The molecule has 0 aromatic carbocycles. The molecular formula is C10H14N4OS. The maximum Gasteiger partial charge on any atom is 0.266 e. The number of hydrogen-bond acceptors (Lipinski definition) is 6. The number of nitrogen functional groups attached to an aromatic ring is 1. The van der Waals surface area contributed by atoms with Crippen molar-refractivity contribution in [2.24, 2.45) is 0 Å². The van der Waals surface area contributed by atoms with E-state index in [-0.39, 0.29) is 0 Å². The molecule has 0 aliphatic rings. The van der Waals surface area contributed by atoms with Gasteiger partial charge in [-0.1, -0.05) is 0 Å². The van der Waals surface area contributed by atoms with Crippen molar-refractivity contribution in [3.05, 3.63) is 10.9 Å². The molecular weight excluding hydrogens is 224 g/mol. The van der Waals surface area contributed by atoms with Gasteiger partial charge in [0.1, 0.15) is 0 Å². The Morgan fingerprint density at radius 2 is 2.31 bits per heavy atom. The molecule has 2 aromatic heterocycles. The molecule has 0 aliphatic heterocycles. The van der Waals surface area contributed by atoms with Crippen LogP contribution in [0.2, 0.25) is 0 Å². The van der Waals surface area contributed by atoms with Gasteiger partial charge >= 0.3 is 0 Å². The highest BCUT2D eigenvalue weighted by atomic mass is 32.1. The van der Waals surface area contributed by atoms with Crippen LogP contribution in [0.1, 0.15) is 11.8 Å². The lowest BCUT2D eigenvalue weighted by molar-refractivity contribution is 0.430. The SMILES string of the molecule is CCN(C)c1noc(-c2cc(C)sc2N)n1. The summed E-state index contributed by atoms with van der Waals surface area (Å²) in [4.78, 5) is 7.34. The Kier molecular flexibility index (Phi) is 2.82.